The molecule has 2 N–H and O–H groups in total. The molecule has 2 aromatic rings. The molecule has 3 fully saturated rings. The highest BCUT2D eigenvalue weighted by atomic mass is 32.1. The fourth-order valence-electron chi connectivity index (χ4n) is 5.72. The number of hydrogen-bond acceptors (Lipinski definition) is 5. The lowest BCUT2D eigenvalue weighted by molar-refractivity contribution is 0.154. The van der Waals surface area contributed by atoms with Gasteiger partial charge in [-0.05, 0) is 68.6 Å². The van der Waals surface area contributed by atoms with Crippen LogP contribution in [0.5, 0.6) is 0 Å². The summed E-state index contributed by atoms with van der Waals surface area (Å²) in [5.74, 6) is 2.34. The third-order valence-corrected chi connectivity index (χ3v) is 8.24. The number of piperidine rings is 1. The standard InChI is InChI=1S/C23H31N5OS/c1-15(17-4-8-24-9-5-17)28-10-6-19(7-11-28)25-22(29)27-23-26-21(14-30-23)20-13-16-2-3-18(20)12-16/h4-5,8-9,14-16,18-20H,2-3,6-7,10-13H2,1H3,(H2,25,26,27,29). The Morgan fingerprint density at radius 1 is 1.17 bits per heavy atom. The molecule has 30 heavy (non-hydrogen) atoms. The Balaban J connectivity index is 1.09. The number of anilines is 1. The molecule has 2 amide bonds. The minimum absolute atomic E-state index is 0.121. The molecular weight excluding hydrogens is 394 g/mol. The van der Waals surface area contributed by atoms with Gasteiger partial charge in [-0.2, -0.15) is 0 Å². The van der Waals surface area contributed by atoms with Crippen molar-refractivity contribution in [3.8, 4) is 0 Å². The SMILES string of the molecule is CC(c1ccncc1)N1CCC(NC(=O)Nc2nc(C3CC4CCC3C4)cs2)CC1. The summed E-state index contributed by atoms with van der Waals surface area (Å²) in [4.78, 5) is 23.8. The number of nitrogens with one attached hydrogen (secondary N) is 2. The van der Waals surface area contributed by atoms with E-state index in [2.05, 4.69) is 45.0 Å². The Bertz CT molecular complexity index is 863. The van der Waals surface area contributed by atoms with Gasteiger partial charge >= 0.3 is 6.03 Å². The third-order valence-electron chi connectivity index (χ3n) is 7.46. The van der Waals surface area contributed by atoms with Crippen molar-refractivity contribution in [1.29, 1.82) is 0 Å². The molecule has 2 aromatic heterocycles. The summed E-state index contributed by atoms with van der Waals surface area (Å²) < 4.78 is 0. The van der Waals surface area contributed by atoms with Crippen LogP contribution in [-0.2, 0) is 0 Å². The van der Waals surface area contributed by atoms with Crippen molar-refractivity contribution in [2.45, 2.75) is 63.5 Å². The maximum Gasteiger partial charge on any atom is 0.321 e. The molecule has 5 rings (SSSR count). The number of nitrogens with zero attached hydrogens (tertiary/aromatic N) is 3. The number of pyridine rings is 1. The molecule has 7 heteroatoms. The molecule has 3 heterocycles. The van der Waals surface area contributed by atoms with Crippen LogP contribution in [0.3, 0.4) is 0 Å². The zero-order valence-electron chi connectivity index (χ0n) is 17.6. The first-order chi connectivity index (χ1) is 14.7. The lowest BCUT2D eigenvalue weighted by atomic mass is 9.87. The first kappa shape index (κ1) is 19.9. The van der Waals surface area contributed by atoms with E-state index in [0.29, 0.717) is 12.0 Å². The maximum absolute atomic E-state index is 12.5. The number of hydrogen-bond donors (Lipinski definition) is 2. The third kappa shape index (κ3) is 4.23. The van der Waals surface area contributed by atoms with E-state index in [1.165, 1.54) is 36.9 Å². The van der Waals surface area contributed by atoms with Crippen LogP contribution in [0.1, 0.15) is 68.7 Å². The Kier molecular flexibility index (Phi) is 5.74. The van der Waals surface area contributed by atoms with Gasteiger partial charge in [-0.3, -0.25) is 15.2 Å². The number of fused-ring (bicyclic) bond motifs is 2. The van der Waals surface area contributed by atoms with E-state index in [9.17, 15) is 4.79 Å². The van der Waals surface area contributed by atoms with Crippen LogP contribution >= 0.6 is 11.3 Å². The quantitative estimate of drug-likeness (QED) is 0.723. The molecule has 0 radical (unpaired) electrons. The van der Waals surface area contributed by atoms with Crippen molar-refractivity contribution in [3.63, 3.8) is 0 Å². The van der Waals surface area contributed by atoms with Gasteiger partial charge in [0.25, 0.3) is 0 Å². The van der Waals surface area contributed by atoms with Crippen molar-refractivity contribution < 1.29 is 4.79 Å². The van der Waals surface area contributed by atoms with Gasteiger partial charge in [0, 0.05) is 48.9 Å². The maximum atomic E-state index is 12.5. The fraction of sp³-hybridized carbons (Fsp3) is 0.609. The minimum Gasteiger partial charge on any atom is -0.335 e. The topological polar surface area (TPSA) is 70.2 Å². The van der Waals surface area contributed by atoms with Gasteiger partial charge in [0.15, 0.2) is 5.13 Å². The number of urea groups is 1. The van der Waals surface area contributed by atoms with Crippen LogP contribution in [0.25, 0.3) is 0 Å². The van der Waals surface area contributed by atoms with Crippen molar-refractivity contribution in [2.75, 3.05) is 18.4 Å². The Labute approximate surface area is 182 Å². The molecule has 0 aromatic carbocycles. The van der Waals surface area contributed by atoms with Crippen LogP contribution < -0.4 is 10.6 Å². The molecule has 3 aliphatic rings. The number of rotatable bonds is 5. The molecular formula is C23H31N5OS. The normalized spacial score (nSPS) is 27.8. The van der Waals surface area contributed by atoms with Crippen LogP contribution in [0.15, 0.2) is 29.9 Å². The molecule has 160 valence electrons. The van der Waals surface area contributed by atoms with Crippen molar-refractivity contribution in [3.05, 3.63) is 41.2 Å². The number of amides is 2. The molecule has 6 nitrogen and oxygen atoms in total. The molecule has 0 spiro atoms. The number of carbonyl (C=O) groups is 1. The van der Waals surface area contributed by atoms with E-state index in [0.717, 1.165) is 42.9 Å². The number of thiazole rings is 1. The van der Waals surface area contributed by atoms with E-state index in [-0.39, 0.29) is 12.1 Å². The molecule has 2 aliphatic carbocycles. The van der Waals surface area contributed by atoms with Gasteiger partial charge in [0.2, 0.25) is 0 Å². The summed E-state index contributed by atoms with van der Waals surface area (Å²) in [5, 5.41) is 9.01. The predicted molar refractivity (Wildman–Crippen MR) is 120 cm³/mol. The Morgan fingerprint density at radius 2 is 1.97 bits per heavy atom. The van der Waals surface area contributed by atoms with E-state index in [1.54, 1.807) is 11.3 Å². The second kappa shape index (κ2) is 8.63. The van der Waals surface area contributed by atoms with Gasteiger partial charge in [-0.25, -0.2) is 9.78 Å². The lowest BCUT2D eigenvalue weighted by Gasteiger charge is -2.36. The summed E-state index contributed by atoms with van der Waals surface area (Å²) in [5.41, 5.74) is 2.49. The average Bonchev–Trinajstić information content (AvgIpc) is 3.51. The van der Waals surface area contributed by atoms with E-state index in [1.807, 2.05) is 12.4 Å². The molecule has 2 saturated carbocycles. The molecule has 1 aliphatic heterocycles. The highest BCUT2D eigenvalue weighted by Gasteiger charge is 2.41. The summed E-state index contributed by atoms with van der Waals surface area (Å²) in [7, 11) is 0. The Hall–Kier alpha value is -1.99. The van der Waals surface area contributed by atoms with Crippen molar-refractivity contribution in [1.82, 2.24) is 20.2 Å². The largest absolute Gasteiger partial charge is 0.335 e. The number of aromatic nitrogens is 2. The summed E-state index contributed by atoms with van der Waals surface area (Å²) in [6.07, 6.45) is 11.1. The summed E-state index contributed by atoms with van der Waals surface area (Å²) in [6.45, 7) is 4.21. The summed E-state index contributed by atoms with van der Waals surface area (Å²) >= 11 is 1.56. The minimum atomic E-state index is -0.121. The molecule has 1 saturated heterocycles. The van der Waals surface area contributed by atoms with Gasteiger partial charge in [-0.15, -0.1) is 11.3 Å². The molecule has 2 bridgehead atoms. The van der Waals surface area contributed by atoms with Crippen molar-refractivity contribution in [2.24, 2.45) is 11.8 Å². The second-order valence-electron chi connectivity index (χ2n) is 9.22. The zero-order chi connectivity index (χ0) is 20.5. The number of likely N-dealkylation sites (tertiary alicyclic amines) is 1. The first-order valence-corrected chi connectivity index (χ1v) is 12.2. The smallest absolute Gasteiger partial charge is 0.321 e. The zero-order valence-corrected chi connectivity index (χ0v) is 18.4. The monoisotopic (exact) mass is 425 g/mol. The van der Waals surface area contributed by atoms with E-state index >= 15 is 0 Å². The van der Waals surface area contributed by atoms with Gasteiger partial charge in [0.05, 0.1) is 5.69 Å². The predicted octanol–water partition coefficient (Wildman–Crippen LogP) is 4.79. The van der Waals surface area contributed by atoms with Crippen LogP contribution in [0.4, 0.5) is 9.93 Å². The highest BCUT2D eigenvalue weighted by Crippen LogP contribution is 2.52. The fourth-order valence-corrected chi connectivity index (χ4v) is 6.49. The second-order valence-corrected chi connectivity index (χ2v) is 10.1. The van der Waals surface area contributed by atoms with E-state index < -0.39 is 0 Å². The summed E-state index contributed by atoms with van der Waals surface area (Å²) in [6, 6.07) is 4.64. The number of carbonyl (C=O) groups excluding carboxylic acids is 1. The van der Waals surface area contributed by atoms with Crippen LogP contribution in [-0.4, -0.2) is 40.0 Å². The van der Waals surface area contributed by atoms with Crippen molar-refractivity contribution >= 4 is 22.5 Å². The van der Waals surface area contributed by atoms with Crippen LogP contribution in [0.2, 0.25) is 0 Å². The highest BCUT2D eigenvalue weighted by molar-refractivity contribution is 7.13. The Morgan fingerprint density at radius 3 is 2.67 bits per heavy atom. The van der Waals surface area contributed by atoms with Gasteiger partial charge in [0.1, 0.15) is 0 Å². The molecule has 4 unspecified atom stereocenters. The molecule has 4 atom stereocenters. The first-order valence-electron chi connectivity index (χ1n) is 11.3. The average molecular weight is 426 g/mol. The van der Waals surface area contributed by atoms with Gasteiger partial charge < -0.3 is 5.32 Å². The van der Waals surface area contributed by atoms with E-state index in [4.69, 9.17) is 4.98 Å². The van der Waals surface area contributed by atoms with Gasteiger partial charge in [-0.1, -0.05) is 6.42 Å². The lowest BCUT2D eigenvalue weighted by Crippen LogP contribution is -2.46. The van der Waals surface area contributed by atoms with Crippen LogP contribution in [0, 0.1) is 11.8 Å².